The molecule has 40 heavy (non-hydrogen) atoms. The molecule has 0 aliphatic heterocycles. The summed E-state index contributed by atoms with van der Waals surface area (Å²) in [6, 6.07) is 17.7. The van der Waals surface area contributed by atoms with Crippen molar-refractivity contribution in [2.75, 3.05) is 7.11 Å². The van der Waals surface area contributed by atoms with Crippen LogP contribution in [0, 0.1) is 10.1 Å². The van der Waals surface area contributed by atoms with E-state index in [1.165, 1.54) is 51.3 Å². The van der Waals surface area contributed by atoms with Crippen LogP contribution in [0.1, 0.15) is 35.0 Å². The summed E-state index contributed by atoms with van der Waals surface area (Å²) in [6.07, 6.45) is 0. The molecule has 3 aromatic carbocycles. The topological polar surface area (TPSA) is 137 Å². The van der Waals surface area contributed by atoms with Crippen LogP contribution < -0.4 is 9.53 Å². The molecule has 0 bridgehead atoms. The number of benzene rings is 3. The fraction of sp³-hybridized carbons (Fsp3) is 0.148. The highest BCUT2D eigenvalue weighted by atomic mass is 35.5. The van der Waals surface area contributed by atoms with Crippen molar-refractivity contribution in [1.82, 2.24) is 20.0 Å². The first-order valence-electron chi connectivity index (χ1n) is 12.0. The van der Waals surface area contributed by atoms with Gasteiger partial charge in [-0.05, 0) is 75.2 Å². The van der Waals surface area contributed by atoms with Crippen LogP contribution in [0.15, 0.2) is 66.7 Å². The second-order valence-corrected chi connectivity index (χ2v) is 10.4. The zero-order valence-electron chi connectivity index (χ0n) is 21.5. The number of aromatic carboxylic acids is 1. The molecule has 5 rings (SSSR count). The molecule has 0 aliphatic rings. The lowest BCUT2D eigenvalue weighted by Crippen LogP contribution is -2.43. The molecule has 2 aromatic heterocycles. The van der Waals surface area contributed by atoms with Gasteiger partial charge in [-0.1, -0.05) is 41.8 Å². The number of carboxylic acid groups (broad SMARTS) is 1. The van der Waals surface area contributed by atoms with Gasteiger partial charge in [0, 0.05) is 22.8 Å². The van der Waals surface area contributed by atoms with Crippen molar-refractivity contribution in [2.45, 2.75) is 19.8 Å². The lowest BCUT2D eigenvalue weighted by atomic mass is 10.1. The maximum Gasteiger partial charge on any atom is 0.365 e. The predicted molar refractivity (Wildman–Crippen MR) is 149 cm³/mol. The summed E-state index contributed by atoms with van der Waals surface area (Å²) >= 11 is 7.84. The molecule has 0 amide bonds. The summed E-state index contributed by atoms with van der Waals surface area (Å²) in [5, 5.41) is 30.7. The summed E-state index contributed by atoms with van der Waals surface area (Å²) in [4.78, 5) is 31.2. The number of carboxylic acids is 1. The molecule has 0 aliphatic carbocycles. The number of thiazole rings is 1. The number of tetrazole rings is 1. The second-order valence-electron chi connectivity index (χ2n) is 8.97. The fourth-order valence-corrected chi connectivity index (χ4v) is 5.20. The summed E-state index contributed by atoms with van der Waals surface area (Å²) in [5.74, 6) is -0.0698. The Balaban J connectivity index is 1.71. The number of hydrogen-bond acceptors (Lipinski definition) is 8. The number of nitro benzene ring substituents is 1. The summed E-state index contributed by atoms with van der Waals surface area (Å²) in [5.41, 5.74) is 2.38. The third kappa shape index (κ3) is 5.14. The van der Waals surface area contributed by atoms with Crippen molar-refractivity contribution < 1.29 is 24.4 Å². The number of aromatic nitrogens is 5. The molecule has 0 saturated heterocycles. The molecule has 0 atom stereocenters. The Morgan fingerprint density at radius 1 is 1.12 bits per heavy atom. The van der Waals surface area contributed by atoms with Crippen LogP contribution >= 0.6 is 22.9 Å². The quantitative estimate of drug-likeness (QED) is 0.140. The van der Waals surface area contributed by atoms with Crippen molar-refractivity contribution in [3.8, 4) is 39.2 Å². The van der Waals surface area contributed by atoms with Gasteiger partial charge in [-0.25, -0.2) is 4.79 Å². The summed E-state index contributed by atoms with van der Waals surface area (Å²) < 4.78 is 5.29. The Morgan fingerprint density at radius 3 is 2.42 bits per heavy atom. The highest BCUT2D eigenvalue weighted by Gasteiger charge is 2.29. The second kappa shape index (κ2) is 10.8. The van der Waals surface area contributed by atoms with E-state index in [0.29, 0.717) is 10.8 Å². The fourth-order valence-electron chi connectivity index (χ4n) is 3.97. The lowest BCUT2D eigenvalue weighted by molar-refractivity contribution is -0.734. The highest BCUT2D eigenvalue weighted by molar-refractivity contribution is 7.14. The molecule has 2 heterocycles. The first kappa shape index (κ1) is 26.9. The summed E-state index contributed by atoms with van der Waals surface area (Å²) in [7, 11) is 1.60. The van der Waals surface area contributed by atoms with Crippen molar-refractivity contribution in [1.29, 1.82) is 0 Å². The minimum atomic E-state index is -1.06. The number of nitrogens with zero attached hydrogens (tertiary/aromatic N) is 6. The normalized spacial score (nSPS) is 11.1. The van der Waals surface area contributed by atoms with Gasteiger partial charge in [0.15, 0.2) is 5.69 Å². The van der Waals surface area contributed by atoms with Crippen molar-refractivity contribution in [3.05, 3.63) is 92.3 Å². The Kier molecular flexibility index (Phi) is 7.28. The maximum absolute atomic E-state index is 11.4. The molecule has 11 nitrogen and oxygen atoms in total. The van der Waals surface area contributed by atoms with Gasteiger partial charge in [-0.3, -0.25) is 10.1 Å². The van der Waals surface area contributed by atoms with E-state index in [1.807, 2.05) is 24.3 Å². The van der Waals surface area contributed by atoms with Crippen molar-refractivity contribution in [3.63, 3.8) is 0 Å². The van der Waals surface area contributed by atoms with Gasteiger partial charge in [0.25, 0.3) is 11.5 Å². The smallest absolute Gasteiger partial charge is 0.365 e. The average molecular weight is 578 g/mol. The number of hydrogen-bond donors (Lipinski definition) is 1. The van der Waals surface area contributed by atoms with Crippen LogP contribution in [0.25, 0.3) is 33.5 Å². The van der Waals surface area contributed by atoms with Crippen LogP contribution in [0.3, 0.4) is 0 Å². The van der Waals surface area contributed by atoms with Crippen LogP contribution in [0.2, 0.25) is 5.02 Å². The Morgan fingerprint density at radius 2 is 1.82 bits per heavy atom. The number of nitro groups is 1. The van der Waals surface area contributed by atoms with Crippen molar-refractivity contribution >= 4 is 34.6 Å². The van der Waals surface area contributed by atoms with E-state index < -0.39 is 10.9 Å². The minimum Gasteiger partial charge on any atom is -0.497 e. The van der Waals surface area contributed by atoms with E-state index in [9.17, 15) is 20.0 Å². The van der Waals surface area contributed by atoms with Gasteiger partial charge >= 0.3 is 11.1 Å². The van der Waals surface area contributed by atoms with Gasteiger partial charge < -0.3 is 9.84 Å². The summed E-state index contributed by atoms with van der Waals surface area (Å²) in [6.45, 7) is 4.14. The van der Waals surface area contributed by atoms with Gasteiger partial charge in [0.2, 0.25) is 0 Å². The molecular formula is C27H22ClN6O5S+. The largest absolute Gasteiger partial charge is 0.497 e. The van der Waals surface area contributed by atoms with E-state index in [2.05, 4.69) is 24.0 Å². The number of rotatable bonds is 8. The first-order valence-corrected chi connectivity index (χ1v) is 13.2. The minimum absolute atomic E-state index is 0.107. The zero-order chi connectivity index (χ0) is 28.6. The predicted octanol–water partition coefficient (Wildman–Crippen LogP) is 5.73. The standard InChI is InChI=1S/C27H21ClN6O5S/c1-15(2)24-23(16-6-11-20(39-3)12-7-16)29-27(40-24)33-31-25(21-14-19(34(37)38)10-13-22(21)28)30-32(33)18-8-4-17(5-9-18)26(35)36/h4-15H,1-3H3/p+1. The van der Waals surface area contributed by atoms with E-state index in [1.54, 1.807) is 19.2 Å². The third-order valence-electron chi connectivity index (χ3n) is 6.01. The van der Waals surface area contributed by atoms with Gasteiger partial charge in [0.05, 0.1) is 33.1 Å². The first-order chi connectivity index (χ1) is 19.2. The third-order valence-corrected chi connectivity index (χ3v) is 7.66. The molecule has 0 spiro atoms. The molecule has 0 unspecified atom stereocenters. The van der Waals surface area contributed by atoms with Crippen molar-refractivity contribution in [2.24, 2.45) is 0 Å². The Hall–Kier alpha value is -4.68. The zero-order valence-corrected chi connectivity index (χ0v) is 23.1. The molecule has 0 fully saturated rings. The van der Waals surface area contributed by atoms with Crippen LogP contribution in [-0.4, -0.2) is 43.1 Å². The molecule has 5 aromatic rings. The number of carbonyl (C=O) groups is 1. The SMILES string of the molecule is COc1ccc(-c2nc(-[n+]3nc(-c4cc([N+](=O)[O-])ccc4Cl)nn3-c3ccc(C(=O)O)cc3)sc2C(C)C)cc1. The molecule has 0 saturated carbocycles. The van der Waals surface area contributed by atoms with E-state index in [-0.39, 0.29) is 33.6 Å². The average Bonchev–Trinajstić information content (AvgIpc) is 3.59. The number of methoxy groups -OCH3 is 1. The Bertz CT molecular complexity index is 1730. The molecule has 13 heteroatoms. The van der Waals surface area contributed by atoms with E-state index in [4.69, 9.17) is 21.3 Å². The molecule has 0 radical (unpaired) electrons. The Labute approximate surface area is 237 Å². The lowest BCUT2D eigenvalue weighted by Gasteiger charge is -2.04. The molecular weight excluding hydrogens is 556 g/mol. The number of non-ortho nitro benzene ring substituents is 1. The number of ether oxygens (including phenoxy) is 1. The van der Waals surface area contributed by atoms with Gasteiger partial charge in [0.1, 0.15) is 11.4 Å². The molecule has 1 N–H and O–H groups in total. The van der Waals surface area contributed by atoms with E-state index in [0.717, 1.165) is 21.9 Å². The number of halogens is 1. The van der Waals surface area contributed by atoms with Gasteiger partial charge in [-0.2, -0.15) is 0 Å². The maximum atomic E-state index is 11.4. The molecule has 202 valence electrons. The van der Waals surface area contributed by atoms with E-state index >= 15 is 0 Å². The van der Waals surface area contributed by atoms with Crippen LogP contribution in [0.5, 0.6) is 5.75 Å². The van der Waals surface area contributed by atoms with Crippen LogP contribution in [0.4, 0.5) is 5.69 Å². The monoisotopic (exact) mass is 577 g/mol. The van der Waals surface area contributed by atoms with Crippen LogP contribution in [-0.2, 0) is 0 Å². The highest BCUT2D eigenvalue weighted by Crippen LogP contribution is 2.35. The van der Waals surface area contributed by atoms with Gasteiger partial charge in [-0.15, -0.1) is 0 Å².